The largest absolute Gasteiger partial charge is 0.485 e. The summed E-state index contributed by atoms with van der Waals surface area (Å²) >= 11 is 1.70. The fraction of sp³-hybridized carbons (Fsp3) is 0.333. The lowest BCUT2D eigenvalue weighted by Gasteiger charge is -2.05. The molecule has 0 aliphatic heterocycles. The maximum atomic E-state index is 13.4. The molecule has 0 unspecified atom stereocenters. The topological polar surface area (TPSA) is 21.3 Å². The molecule has 2 nitrogen and oxygen atoms in total. The van der Waals surface area contributed by atoms with Gasteiger partial charge in [0.15, 0.2) is 11.6 Å². The molecule has 0 amide bonds. The summed E-state index contributed by atoms with van der Waals surface area (Å²) in [5, 5.41) is 3.36. The quantitative estimate of drug-likeness (QED) is 0.774. The van der Waals surface area contributed by atoms with Crippen molar-refractivity contribution in [2.75, 3.05) is 6.54 Å². The molecule has 0 spiro atoms. The van der Waals surface area contributed by atoms with Crippen LogP contribution in [-0.4, -0.2) is 6.54 Å². The van der Waals surface area contributed by atoms with Gasteiger partial charge in [-0.2, -0.15) is 0 Å². The van der Waals surface area contributed by atoms with Crippen molar-refractivity contribution in [1.82, 2.24) is 5.32 Å². The first-order valence-corrected chi connectivity index (χ1v) is 7.27. The summed E-state index contributed by atoms with van der Waals surface area (Å²) in [6, 6.07) is 10.6. The minimum Gasteiger partial charge on any atom is -0.485 e. The highest BCUT2D eigenvalue weighted by Gasteiger charge is 2.04. The van der Waals surface area contributed by atoms with Crippen LogP contribution in [0.1, 0.15) is 23.1 Å². The first-order chi connectivity index (χ1) is 9.29. The van der Waals surface area contributed by atoms with Crippen LogP contribution in [0.3, 0.4) is 0 Å². The van der Waals surface area contributed by atoms with Crippen LogP contribution < -0.4 is 10.1 Å². The van der Waals surface area contributed by atoms with Gasteiger partial charge < -0.3 is 10.1 Å². The van der Waals surface area contributed by atoms with Crippen LogP contribution in [0.2, 0.25) is 0 Å². The summed E-state index contributed by atoms with van der Waals surface area (Å²) in [6.07, 6.45) is 1.13. The summed E-state index contributed by atoms with van der Waals surface area (Å²) in [7, 11) is 0. The molecule has 1 N–H and O–H groups in total. The molecule has 102 valence electrons. The highest BCUT2D eigenvalue weighted by atomic mass is 32.1. The minimum atomic E-state index is -0.316. The Balaban J connectivity index is 1.85. The molecule has 0 aliphatic rings. The number of ether oxygens (including phenoxy) is 1. The van der Waals surface area contributed by atoms with Gasteiger partial charge in [-0.25, -0.2) is 4.39 Å². The lowest BCUT2D eigenvalue weighted by atomic mass is 10.3. The van der Waals surface area contributed by atoms with Crippen molar-refractivity contribution in [3.63, 3.8) is 0 Å². The van der Waals surface area contributed by atoms with E-state index in [4.69, 9.17) is 4.74 Å². The third-order valence-electron chi connectivity index (χ3n) is 2.65. The molecule has 0 aliphatic carbocycles. The molecule has 0 fully saturated rings. The predicted octanol–water partition coefficient (Wildman–Crippen LogP) is 3.97. The number of nitrogens with one attached hydrogen (secondary N) is 1. The summed E-state index contributed by atoms with van der Waals surface area (Å²) in [6.45, 7) is 4.48. The van der Waals surface area contributed by atoms with Gasteiger partial charge in [0.2, 0.25) is 0 Å². The van der Waals surface area contributed by atoms with Crippen LogP contribution in [0.4, 0.5) is 4.39 Å². The Morgan fingerprint density at radius 2 is 1.95 bits per heavy atom. The van der Waals surface area contributed by atoms with Crippen molar-refractivity contribution in [3.05, 3.63) is 52.0 Å². The molecule has 0 bridgehead atoms. The van der Waals surface area contributed by atoms with Crippen LogP contribution in [0, 0.1) is 5.82 Å². The SMILES string of the molecule is CCCNCc1ccc(COc2ccccc2F)s1. The number of benzene rings is 1. The smallest absolute Gasteiger partial charge is 0.165 e. The fourth-order valence-corrected chi connectivity index (χ4v) is 2.59. The Hall–Kier alpha value is -1.39. The fourth-order valence-electron chi connectivity index (χ4n) is 1.69. The molecule has 0 radical (unpaired) electrons. The lowest BCUT2D eigenvalue weighted by Crippen LogP contribution is -2.12. The zero-order chi connectivity index (χ0) is 13.5. The number of halogens is 1. The van der Waals surface area contributed by atoms with Gasteiger partial charge in [0.05, 0.1) is 0 Å². The van der Waals surface area contributed by atoms with Crippen LogP contribution >= 0.6 is 11.3 Å². The van der Waals surface area contributed by atoms with Crippen molar-refractivity contribution in [1.29, 1.82) is 0 Å². The monoisotopic (exact) mass is 279 g/mol. The van der Waals surface area contributed by atoms with E-state index in [2.05, 4.69) is 18.3 Å². The van der Waals surface area contributed by atoms with Gasteiger partial charge in [0, 0.05) is 16.3 Å². The number of para-hydroxylation sites is 1. The zero-order valence-electron chi connectivity index (χ0n) is 11.0. The first kappa shape index (κ1) is 14.0. The minimum absolute atomic E-state index is 0.307. The molecular weight excluding hydrogens is 261 g/mol. The molecule has 2 rings (SSSR count). The maximum absolute atomic E-state index is 13.4. The van der Waals surface area contributed by atoms with Gasteiger partial charge in [-0.05, 0) is 37.2 Å². The second kappa shape index (κ2) is 7.26. The number of hydrogen-bond acceptors (Lipinski definition) is 3. The zero-order valence-corrected chi connectivity index (χ0v) is 11.8. The van der Waals surface area contributed by atoms with E-state index >= 15 is 0 Å². The lowest BCUT2D eigenvalue weighted by molar-refractivity contribution is 0.293. The molecule has 1 aromatic heterocycles. The second-order valence-electron chi connectivity index (χ2n) is 4.26. The normalized spacial score (nSPS) is 10.6. The van der Waals surface area contributed by atoms with Crippen molar-refractivity contribution < 1.29 is 9.13 Å². The van der Waals surface area contributed by atoms with E-state index < -0.39 is 0 Å². The Morgan fingerprint density at radius 1 is 1.16 bits per heavy atom. The molecular formula is C15H18FNOS. The molecule has 0 saturated carbocycles. The van der Waals surface area contributed by atoms with Gasteiger partial charge >= 0.3 is 0 Å². The standard InChI is InChI=1S/C15H18FNOS/c1-2-9-17-10-12-7-8-13(19-12)11-18-15-6-4-3-5-14(15)16/h3-8,17H,2,9-11H2,1H3. The molecule has 2 aromatic rings. The van der Waals surface area contributed by atoms with Crippen molar-refractivity contribution in [2.45, 2.75) is 26.5 Å². The summed E-state index contributed by atoms with van der Waals surface area (Å²) in [5.41, 5.74) is 0. The maximum Gasteiger partial charge on any atom is 0.165 e. The van der Waals surface area contributed by atoms with Gasteiger partial charge in [0.1, 0.15) is 6.61 Å². The molecule has 0 atom stereocenters. The van der Waals surface area contributed by atoms with Gasteiger partial charge in [-0.3, -0.25) is 0 Å². The van der Waals surface area contributed by atoms with Crippen molar-refractivity contribution >= 4 is 11.3 Å². The van der Waals surface area contributed by atoms with E-state index in [0.29, 0.717) is 12.4 Å². The van der Waals surface area contributed by atoms with Gasteiger partial charge in [-0.1, -0.05) is 19.1 Å². The van der Waals surface area contributed by atoms with E-state index in [0.717, 1.165) is 24.4 Å². The first-order valence-electron chi connectivity index (χ1n) is 6.45. The summed E-state index contributed by atoms with van der Waals surface area (Å²) in [4.78, 5) is 2.39. The number of thiophene rings is 1. The number of rotatable bonds is 7. The van der Waals surface area contributed by atoms with Crippen LogP contribution in [0.25, 0.3) is 0 Å². The molecule has 4 heteroatoms. The van der Waals surface area contributed by atoms with Crippen LogP contribution in [-0.2, 0) is 13.2 Å². The van der Waals surface area contributed by atoms with E-state index in [1.807, 2.05) is 6.07 Å². The van der Waals surface area contributed by atoms with Gasteiger partial charge in [-0.15, -0.1) is 11.3 Å². The Kier molecular flexibility index (Phi) is 5.36. The molecule has 1 heterocycles. The van der Waals surface area contributed by atoms with E-state index in [1.165, 1.54) is 10.9 Å². The molecule has 1 aromatic carbocycles. The van der Waals surface area contributed by atoms with E-state index in [1.54, 1.807) is 29.5 Å². The Morgan fingerprint density at radius 3 is 2.74 bits per heavy atom. The van der Waals surface area contributed by atoms with E-state index in [-0.39, 0.29) is 5.82 Å². The highest BCUT2D eigenvalue weighted by molar-refractivity contribution is 7.11. The Labute approximate surface area is 117 Å². The molecule has 0 saturated heterocycles. The van der Waals surface area contributed by atoms with E-state index in [9.17, 15) is 4.39 Å². The van der Waals surface area contributed by atoms with Gasteiger partial charge in [0.25, 0.3) is 0 Å². The average Bonchev–Trinajstić information content (AvgIpc) is 2.86. The third kappa shape index (κ3) is 4.33. The second-order valence-corrected chi connectivity index (χ2v) is 5.52. The van der Waals surface area contributed by atoms with Crippen molar-refractivity contribution in [3.8, 4) is 5.75 Å². The Bertz CT molecular complexity index is 512. The van der Waals surface area contributed by atoms with Crippen LogP contribution in [0.15, 0.2) is 36.4 Å². The number of hydrogen-bond donors (Lipinski definition) is 1. The van der Waals surface area contributed by atoms with Crippen LogP contribution in [0.5, 0.6) is 5.75 Å². The third-order valence-corrected chi connectivity index (χ3v) is 3.71. The van der Waals surface area contributed by atoms with Crippen molar-refractivity contribution in [2.24, 2.45) is 0 Å². The average molecular weight is 279 g/mol. The summed E-state index contributed by atoms with van der Waals surface area (Å²) < 4.78 is 18.8. The predicted molar refractivity (Wildman–Crippen MR) is 77.0 cm³/mol. The highest BCUT2D eigenvalue weighted by Crippen LogP contribution is 2.21. The molecule has 19 heavy (non-hydrogen) atoms. The summed E-state index contributed by atoms with van der Waals surface area (Å²) in [5.74, 6) is -0.00884.